The van der Waals surface area contributed by atoms with E-state index in [9.17, 15) is 14.0 Å². The molecule has 0 aliphatic heterocycles. The Kier molecular flexibility index (Phi) is 7.91. The van der Waals surface area contributed by atoms with Crippen LogP contribution in [0.1, 0.15) is 19.4 Å². The number of carbonyl (C=O) groups excluding carboxylic acids is 2. The van der Waals surface area contributed by atoms with E-state index < -0.39 is 5.41 Å². The predicted octanol–water partition coefficient (Wildman–Crippen LogP) is 0.716. The van der Waals surface area contributed by atoms with Crippen LogP contribution < -0.4 is 16.4 Å². The van der Waals surface area contributed by atoms with Crippen LogP contribution in [0.2, 0.25) is 0 Å². The van der Waals surface area contributed by atoms with E-state index in [2.05, 4.69) is 10.6 Å². The van der Waals surface area contributed by atoms with E-state index in [1.54, 1.807) is 6.07 Å². The second-order valence-corrected chi connectivity index (χ2v) is 5.15. The summed E-state index contributed by atoms with van der Waals surface area (Å²) in [5.74, 6) is -1.00. The molecule has 0 aliphatic carbocycles. The van der Waals surface area contributed by atoms with Crippen LogP contribution in [0.3, 0.4) is 0 Å². The van der Waals surface area contributed by atoms with Crippen molar-refractivity contribution in [3.8, 4) is 0 Å². The maximum Gasteiger partial charge on any atom is 0.239 e. The minimum atomic E-state index is -0.407. The molecule has 7 heteroatoms. The number of hydrogen-bond donors (Lipinski definition) is 3. The quantitative estimate of drug-likeness (QED) is 0.722. The van der Waals surface area contributed by atoms with Gasteiger partial charge in [0.15, 0.2) is 0 Å². The molecule has 0 radical (unpaired) electrons. The third-order valence-corrected chi connectivity index (χ3v) is 2.97. The normalized spacial score (nSPS) is 10.5. The van der Waals surface area contributed by atoms with Crippen LogP contribution in [-0.2, 0) is 15.0 Å². The summed E-state index contributed by atoms with van der Waals surface area (Å²) in [6, 6.07) is 6.27. The van der Waals surface area contributed by atoms with Gasteiger partial charge in [0.1, 0.15) is 5.82 Å². The molecule has 21 heavy (non-hydrogen) atoms. The molecular formula is C14H21ClFN3O2. The molecule has 0 spiro atoms. The first-order chi connectivity index (χ1) is 9.35. The van der Waals surface area contributed by atoms with Crippen molar-refractivity contribution in [1.29, 1.82) is 0 Å². The Hall–Kier alpha value is -1.66. The smallest absolute Gasteiger partial charge is 0.239 e. The van der Waals surface area contributed by atoms with Gasteiger partial charge in [0.2, 0.25) is 11.8 Å². The van der Waals surface area contributed by atoms with E-state index in [-0.39, 0.29) is 43.1 Å². The van der Waals surface area contributed by atoms with Gasteiger partial charge in [-0.3, -0.25) is 9.59 Å². The lowest BCUT2D eigenvalue weighted by atomic mass is 9.84. The Morgan fingerprint density at radius 1 is 1.24 bits per heavy atom. The van der Waals surface area contributed by atoms with Gasteiger partial charge in [-0.2, -0.15) is 0 Å². The molecule has 0 saturated heterocycles. The first-order valence-electron chi connectivity index (χ1n) is 6.34. The average molecular weight is 318 g/mol. The van der Waals surface area contributed by atoms with Crippen LogP contribution >= 0.6 is 12.4 Å². The van der Waals surface area contributed by atoms with Crippen LogP contribution in [-0.4, -0.2) is 31.4 Å². The molecule has 118 valence electrons. The topological polar surface area (TPSA) is 84.2 Å². The number of hydrogen-bond acceptors (Lipinski definition) is 3. The van der Waals surface area contributed by atoms with Gasteiger partial charge in [-0.25, -0.2) is 4.39 Å². The zero-order valence-electron chi connectivity index (χ0n) is 12.1. The van der Waals surface area contributed by atoms with Crippen LogP contribution in [0.5, 0.6) is 0 Å². The van der Waals surface area contributed by atoms with Crippen molar-refractivity contribution in [2.45, 2.75) is 19.3 Å². The van der Waals surface area contributed by atoms with Gasteiger partial charge in [0.25, 0.3) is 0 Å². The molecule has 1 rings (SSSR count). The maximum absolute atomic E-state index is 13.2. The monoisotopic (exact) mass is 317 g/mol. The highest BCUT2D eigenvalue weighted by atomic mass is 35.5. The van der Waals surface area contributed by atoms with Crippen LogP contribution in [0.25, 0.3) is 0 Å². The standard InChI is InChI=1S/C14H20FN3O2.ClH/c1-14(2,10-4-3-5-11(15)6-10)9-18-13(20)8-17-12(19)7-16;/h3-6H,7-9,16H2,1-2H3,(H,17,19)(H,18,20);1H. The van der Waals surface area contributed by atoms with Crippen molar-refractivity contribution >= 4 is 24.2 Å². The van der Waals surface area contributed by atoms with Gasteiger partial charge in [0, 0.05) is 12.0 Å². The van der Waals surface area contributed by atoms with Gasteiger partial charge in [-0.05, 0) is 17.7 Å². The largest absolute Gasteiger partial charge is 0.354 e. The third-order valence-electron chi connectivity index (χ3n) is 2.97. The number of nitrogens with two attached hydrogens (primary N) is 1. The average Bonchev–Trinajstić information content (AvgIpc) is 2.42. The summed E-state index contributed by atoms with van der Waals surface area (Å²) in [6.45, 7) is 3.88. The molecule has 0 aromatic heterocycles. The molecule has 0 saturated carbocycles. The Labute approximate surface area is 129 Å². The summed E-state index contributed by atoms with van der Waals surface area (Å²) < 4.78 is 13.2. The summed E-state index contributed by atoms with van der Waals surface area (Å²) in [6.07, 6.45) is 0. The number of rotatable bonds is 6. The molecule has 2 amide bonds. The Morgan fingerprint density at radius 3 is 2.48 bits per heavy atom. The molecule has 1 aromatic rings. The van der Waals surface area contributed by atoms with Crippen molar-refractivity contribution in [2.75, 3.05) is 19.6 Å². The lowest BCUT2D eigenvalue weighted by Crippen LogP contribution is -2.43. The van der Waals surface area contributed by atoms with Gasteiger partial charge < -0.3 is 16.4 Å². The second-order valence-electron chi connectivity index (χ2n) is 5.15. The van der Waals surface area contributed by atoms with Gasteiger partial charge in [-0.15, -0.1) is 12.4 Å². The van der Waals surface area contributed by atoms with Crippen molar-refractivity contribution < 1.29 is 14.0 Å². The molecule has 0 aliphatic rings. The first kappa shape index (κ1) is 19.3. The fourth-order valence-electron chi connectivity index (χ4n) is 1.64. The fourth-order valence-corrected chi connectivity index (χ4v) is 1.64. The van der Waals surface area contributed by atoms with Crippen molar-refractivity contribution in [3.05, 3.63) is 35.6 Å². The summed E-state index contributed by atoms with van der Waals surface area (Å²) in [5.41, 5.74) is 5.50. The number of nitrogens with one attached hydrogen (secondary N) is 2. The highest BCUT2D eigenvalue weighted by molar-refractivity contribution is 5.85. The molecule has 5 nitrogen and oxygen atoms in total. The summed E-state index contributed by atoms with van der Waals surface area (Å²) in [5, 5.41) is 5.08. The molecule has 0 unspecified atom stereocenters. The van der Waals surface area contributed by atoms with E-state index >= 15 is 0 Å². The first-order valence-corrected chi connectivity index (χ1v) is 6.34. The maximum atomic E-state index is 13.2. The third kappa shape index (κ3) is 6.55. The fraction of sp³-hybridized carbons (Fsp3) is 0.429. The molecule has 1 aromatic carbocycles. The second kappa shape index (κ2) is 8.59. The molecular weight excluding hydrogens is 297 g/mol. The predicted molar refractivity (Wildman–Crippen MR) is 81.7 cm³/mol. The highest BCUT2D eigenvalue weighted by Crippen LogP contribution is 2.22. The minimum absolute atomic E-state index is 0. The molecule has 0 bridgehead atoms. The van der Waals surface area contributed by atoms with E-state index in [4.69, 9.17) is 5.73 Å². The number of carbonyl (C=O) groups is 2. The van der Waals surface area contributed by atoms with Gasteiger partial charge in [0.05, 0.1) is 13.1 Å². The SMILES string of the molecule is CC(C)(CNC(=O)CNC(=O)CN)c1cccc(F)c1.Cl. The Bertz CT molecular complexity index is 495. The number of amides is 2. The van der Waals surface area contributed by atoms with E-state index in [0.717, 1.165) is 5.56 Å². The lowest BCUT2D eigenvalue weighted by molar-refractivity contribution is -0.125. The van der Waals surface area contributed by atoms with Gasteiger partial charge >= 0.3 is 0 Å². The summed E-state index contributed by atoms with van der Waals surface area (Å²) in [7, 11) is 0. The molecule has 0 atom stereocenters. The molecule has 0 heterocycles. The zero-order valence-corrected chi connectivity index (χ0v) is 12.9. The van der Waals surface area contributed by atoms with E-state index in [0.29, 0.717) is 6.54 Å². The van der Waals surface area contributed by atoms with Crippen molar-refractivity contribution in [3.63, 3.8) is 0 Å². The molecule has 0 fully saturated rings. The van der Waals surface area contributed by atoms with E-state index in [1.807, 2.05) is 19.9 Å². The van der Waals surface area contributed by atoms with Gasteiger partial charge in [-0.1, -0.05) is 26.0 Å². The van der Waals surface area contributed by atoms with E-state index in [1.165, 1.54) is 12.1 Å². The Morgan fingerprint density at radius 2 is 1.90 bits per heavy atom. The lowest BCUT2D eigenvalue weighted by Gasteiger charge is -2.25. The van der Waals surface area contributed by atoms with Crippen LogP contribution in [0.15, 0.2) is 24.3 Å². The van der Waals surface area contributed by atoms with Crippen molar-refractivity contribution in [2.24, 2.45) is 5.73 Å². The Balaban J connectivity index is 0.00000400. The van der Waals surface area contributed by atoms with Crippen LogP contribution in [0.4, 0.5) is 4.39 Å². The number of halogens is 2. The highest BCUT2D eigenvalue weighted by Gasteiger charge is 2.21. The number of benzene rings is 1. The minimum Gasteiger partial charge on any atom is -0.354 e. The molecule has 4 N–H and O–H groups in total. The summed E-state index contributed by atoms with van der Waals surface area (Å²) in [4.78, 5) is 22.5. The summed E-state index contributed by atoms with van der Waals surface area (Å²) >= 11 is 0. The van der Waals surface area contributed by atoms with Crippen molar-refractivity contribution in [1.82, 2.24) is 10.6 Å². The van der Waals surface area contributed by atoms with Crippen LogP contribution in [0, 0.1) is 5.82 Å². The zero-order chi connectivity index (χ0) is 15.2.